The number of hydrogen-bond donors (Lipinski definition) is 1. The van der Waals surface area contributed by atoms with Gasteiger partial charge in [0.15, 0.2) is 0 Å². The lowest BCUT2D eigenvalue weighted by Gasteiger charge is -2.13. The molecule has 0 aromatic rings. The Balaban J connectivity index is 2.10. The predicted molar refractivity (Wildman–Crippen MR) is 90.7 cm³/mol. The summed E-state index contributed by atoms with van der Waals surface area (Å²) in [5.41, 5.74) is 6.14. The Morgan fingerprint density at radius 2 is 1.95 bits per heavy atom. The molecule has 1 nitrogen and oxygen atoms in total. The first-order valence-electron chi connectivity index (χ1n) is 8.47. The van der Waals surface area contributed by atoms with Crippen molar-refractivity contribution in [2.75, 3.05) is 0 Å². The van der Waals surface area contributed by atoms with Gasteiger partial charge in [0.05, 0.1) is 0 Å². The van der Waals surface area contributed by atoms with Crippen LogP contribution in [0.3, 0.4) is 0 Å². The van der Waals surface area contributed by atoms with Gasteiger partial charge < -0.3 is 5.73 Å². The highest BCUT2D eigenvalue weighted by Gasteiger charge is 2.22. The third kappa shape index (κ3) is 7.69. The maximum Gasteiger partial charge on any atom is 0.00388 e. The summed E-state index contributed by atoms with van der Waals surface area (Å²) >= 11 is 0. The molecule has 20 heavy (non-hydrogen) atoms. The maximum atomic E-state index is 6.14. The standard InChI is InChI=1S/C19H33N/c1-3-5-7-8-10-17-14-15-18(16-17)11-9-13-19(20)12-6-4-2/h3,5,7-8,10,17-19H,1,4,6,9,11-16,20H2,2H3/b7-5-,10-8?. The van der Waals surface area contributed by atoms with Crippen molar-refractivity contribution in [3.05, 3.63) is 37.0 Å². The number of rotatable bonds is 10. The first-order chi connectivity index (χ1) is 9.76. The van der Waals surface area contributed by atoms with Crippen molar-refractivity contribution in [2.45, 2.75) is 70.8 Å². The maximum absolute atomic E-state index is 6.14. The quantitative estimate of drug-likeness (QED) is 0.531. The van der Waals surface area contributed by atoms with Gasteiger partial charge in [0.2, 0.25) is 0 Å². The third-order valence-corrected chi connectivity index (χ3v) is 4.44. The molecule has 1 heteroatoms. The van der Waals surface area contributed by atoms with Crippen molar-refractivity contribution in [2.24, 2.45) is 17.6 Å². The van der Waals surface area contributed by atoms with Crippen molar-refractivity contribution in [1.82, 2.24) is 0 Å². The molecule has 1 rings (SSSR count). The summed E-state index contributed by atoms with van der Waals surface area (Å²) in [7, 11) is 0. The molecule has 1 aliphatic carbocycles. The van der Waals surface area contributed by atoms with Crippen LogP contribution in [-0.2, 0) is 0 Å². The van der Waals surface area contributed by atoms with Gasteiger partial charge in [0.1, 0.15) is 0 Å². The van der Waals surface area contributed by atoms with E-state index in [2.05, 4.69) is 31.7 Å². The van der Waals surface area contributed by atoms with Crippen LogP contribution < -0.4 is 5.73 Å². The normalized spacial score (nSPS) is 24.7. The fourth-order valence-corrected chi connectivity index (χ4v) is 3.19. The van der Waals surface area contributed by atoms with E-state index in [1.807, 2.05) is 12.2 Å². The van der Waals surface area contributed by atoms with Crippen LogP contribution in [0.4, 0.5) is 0 Å². The zero-order valence-corrected chi connectivity index (χ0v) is 13.3. The van der Waals surface area contributed by atoms with Gasteiger partial charge >= 0.3 is 0 Å². The number of unbranched alkanes of at least 4 members (excludes halogenated alkanes) is 1. The van der Waals surface area contributed by atoms with E-state index in [0.717, 1.165) is 11.8 Å². The van der Waals surface area contributed by atoms with Gasteiger partial charge in [-0.05, 0) is 43.9 Å². The lowest BCUT2D eigenvalue weighted by Crippen LogP contribution is -2.19. The largest absolute Gasteiger partial charge is 0.328 e. The van der Waals surface area contributed by atoms with E-state index in [0.29, 0.717) is 6.04 Å². The lowest BCUT2D eigenvalue weighted by molar-refractivity contribution is 0.434. The molecule has 0 amide bonds. The van der Waals surface area contributed by atoms with Crippen LogP contribution in [0.15, 0.2) is 37.0 Å². The average Bonchev–Trinajstić information content (AvgIpc) is 2.89. The highest BCUT2D eigenvalue weighted by atomic mass is 14.6. The summed E-state index contributed by atoms with van der Waals surface area (Å²) < 4.78 is 0. The number of nitrogens with two attached hydrogens (primary N) is 1. The van der Waals surface area contributed by atoms with Crippen LogP contribution >= 0.6 is 0 Å². The van der Waals surface area contributed by atoms with Gasteiger partial charge in [-0.15, -0.1) is 0 Å². The molecule has 1 fully saturated rings. The highest BCUT2D eigenvalue weighted by molar-refractivity contribution is 5.10. The van der Waals surface area contributed by atoms with Gasteiger partial charge in [0.25, 0.3) is 0 Å². The topological polar surface area (TPSA) is 26.0 Å². The molecule has 1 saturated carbocycles. The summed E-state index contributed by atoms with van der Waals surface area (Å²) in [5, 5.41) is 0. The second-order valence-electron chi connectivity index (χ2n) is 6.28. The van der Waals surface area contributed by atoms with Crippen LogP contribution in [-0.4, -0.2) is 6.04 Å². The lowest BCUT2D eigenvalue weighted by atomic mass is 9.96. The van der Waals surface area contributed by atoms with E-state index in [9.17, 15) is 0 Å². The van der Waals surface area contributed by atoms with Crippen molar-refractivity contribution >= 4 is 0 Å². The Morgan fingerprint density at radius 3 is 2.70 bits per heavy atom. The summed E-state index contributed by atoms with van der Waals surface area (Å²) in [6.45, 7) is 5.92. The molecule has 3 unspecified atom stereocenters. The summed E-state index contributed by atoms with van der Waals surface area (Å²) in [6, 6.07) is 0.441. The van der Waals surface area contributed by atoms with E-state index < -0.39 is 0 Å². The van der Waals surface area contributed by atoms with Gasteiger partial charge in [-0.1, -0.05) is 69.6 Å². The molecule has 0 aromatic heterocycles. The highest BCUT2D eigenvalue weighted by Crippen LogP contribution is 2.35. The zero-order chi connectivity index (χ0) is 14.6. The van der Waals surface area contributed by atoms with Gasteiger partial charge in [-0.2, -0.15) is 0 Å². The van der Waals surface area contributed by atoms with Crippen LogP contribution in [0.1, 0.15) is 64.7 Å². The Morgan fingerprint density at radius 1 is 1.15 bits per heavy atom. The van der Waals surface area contributed by atoms with Crippen molar-refractivity contribution in [1.29, 1.82) is 0 Å². The van der Waals surface area contributed by atoms with E-state index in [1.54, 1.807) is 0 Å². The van der Waals surface area contributed by atoms with Gasteiger partial charge in [-0.3, -0.25) is 0 Å². The van der Waals surface area contributed by atoms with Crippen LogP contribution in [0, 0.1) is 11.8 Å². The van der Waals surface area contributed by atoms with Crippen LogP contribution in [0.2, 0.25) is 0 Å². The molecule has 0 spiro atoms. The molecular weight excluding hydrogens is 242 g/mol. The minimum Gasteiger partial charge on any atom is -0.328 e. The molecule has 114 valence electrons. The second-order valence-corrected chi connectivity index (χ2v) is 6.28. The first kappa shape index (κ1) is 17.2. The van der Waals surface area contributed by atoms with E-state index in [1.165, 1.54) is 57.8 Å². The first-order valence-corrected chi connectivity index (χ1v) is 8.47. The van der Waals surface area contributed by atoms with Crippen molar-refractivity contribution in [3.63, 3.8) is 0 Å². The fourth-order valence-electron chi connectivity index (χ4n) is 3.19. The summed E-state index contributed by atoms with van der Waals surface area (Å²) in [5.74, 6) is 1.73. The van der Waals surface area contributed by atoms with Crippen LogP contribution in [0.5, 0.6) is 0 Å². The minimum absolute atomic E-state index is 0.441. The van der Waals surface area contributed by atoms with Gasteiger partial charge in [-0.25, -0.2) is 0 Å². The molecular formula is C19H33N. The number of allylic oxidation sites excluding steroid dienone is 5. The number of hydrogen-bond acceptors (Lipinski definition) is 1. The third-order valence-electron chi connectivity index (χ3n) is 4.44. The molecule has 0 aliphatic heterocycles. The second kappa shape index (κ2) is 10.9. The van der Waals surface area contributed by atoms with E-state index >= 15 is 0 Å². The van der Waals surface area contributed by atoms with E-state index in [4.69, 9.17) is 5.73 Å². The summed E-state index contributed by atoms with van der Waals surface area (Å²) in [4.78, 5) is 0. The molecule has 2 N–H and O–H groups in total. The molecule has 1 aliphatic rings. The van der Waals surface area contributed by atoms with Crippen molar-refractivity contribution in [3.8, 4) is 0 Å². The minimum atomic E-state index is 0.441. The Bertz CT molecular complexity index is 303. The summed E-state index contributed by atoms with van der Waals surface area (Å²) in [6.07, 6.45) is 22.3. The average molecular weight is 275 g/mol. The molecule has 0 heterocycles. The van der Waals surface area contributed by atoms with E-state index in [-0.39, 0.29) is 0 Å². The zero-order valence-electron chi connectivity index (χ0n) is 13.3. The van der Waals surface area contributed by atoms with Crippen molar-refractivity contribution < 1.29 is 0 Å². The van der Waals surface area contributed by atoms with Crippen LogP contribution in [0.25, 0.3) is 0 Å². The molecule has 0 radical (unpaired) electrons. The fraction of sp³-hybridized carbons (Fsp3) is 0.684. The Labute approximate surface area is 126 Å². The van der Waals surface area contributed by atoms with Gasteiger partial charge in [0, 0.05) is 6.04 Å². The molecule has 0 bridgehead atoms. The predicted octanol–water partition coefficient (Wildman–Crippen LogP) is 5.39. The Kier molecular flexibility index (Phi) is 9.40. The smallest absolute Gasteiger partial charge is 0.00388 e. The molecule has 3 atom stereocenters. The SMILES string of the molecule is C=C/C=C\C=CC1CCC(CCCC(N)CCCC)C1. The molecule has 0 saturated heterocycles. The Hall–Kier alpha value is -0.820. The molecule has 0 aromatic carbocycles. The monoisotopic (exact) mass is 275 g/mol.